The fourth-order valence-corrected chi connectivity index (χ4v) is 2.46. The van der Waals surface area contributed by atoms with E-state index in [0.29, 0.717) is 0 Å². The smallest absolute Gasteiger partial charge is 0.0947 e. The third kappa shape index (κ3) is 3.48. The molecule has 0 radical (unpaired) electrons. The molecule has 0 aliphatic carbocycles. The van der Waals surface area contributed by atoms with E-state index >= 15 is 0 Å². The summed E-state index contributed by atoms with van der Waals surface area (Å²) in [5, 5.41) is 8.12. The summed E-state index contributed by atoms with van der Waals surface area (Å²) in [5.41, 5.74) is 3.45. The maximum absolute atomic E-state index is 4.52. The topological polar surface area (TPSA) is 47.7 Å². The van der Waals surface area contributed by atoms with E-state index in [0.717, 1.165) is 37.3 Å². The van der Waals surface area contributed by atoms with Crippen LogP contribution in [0.25, 0.3) is 0 Å². The molecule has 2 rings (SSSR count). The van der Waals surface area contributed by atoms with E-state index in [1.807, 2.05) is 24.9 Å². The number of aryl methyl sites for hydroxylation is 3. The SMILES string of the molecule is CCCNC(Cc1cc(C)nn1CC)c1cn(C)cn1. The zero-order valence-corrected chi connectivity index (χ0v) is 12.9. The minimum absolute atomic E-state index is 0.248. The van der Waals surface area contributed by atoms with Gasteiger partial charge >= 0.3 is 0 Å². The third-order valence-electron chi connectivity index (χ3n) is 3.42. The van der Waals surface area contributed by atoms with Gasteiger partial charge in [-0.25, -0.2) is 4.98 Å². The van der Waals surface area contributed by atoms with Crippen LogP contribution in [0.2, 0.25) is 0 Å². The van der Waals surface area contributed by atoms with Gasteiger partial charge < -0.3 is 9.88 Å². The van der Waals surface area contributed by atoms with Gasteiger partial charge in [0.05, 0.1) is 23.8 Å². The standard InChI is InChI=1S/C15H25N5/c1-5-7-16-14(15-10-19(4)11-17-15)9-13-8-12(3)18-20(13)6-2/h8,10-11,14,16H,5-7,9H2,1-4H3. The average Bonchev–Trinajstić information content (AvgIpc) is 3.00. The molecule has 1 unspecified atom stereocenters. The molecule has 0 fully saturated rings. The minimum atomic E-state index is 0.248. The zero-order valence-electron chi connectivity index (χ0n) is 12.9. The molecule has 5 heteroatoms. The zero-order chi connectivity index (χ0) is 14.5. The number of nitrogens with zero attached hydrogens (tertiary/aromatic N) is 4. The van der Waals surface area contributed by atoms with Crippen molar-refractivity contribution in [3.05, 3.63) is 35.7 Å². The van der Waals surface area contributed by atoms with Crippen LogP contribution in [-0.2, 0) is 20.0 Å². The second-order valence-electron chi connectivity index (χ2n) is 5.27. The molecule has 2 aromatic heterocycles. The molecule has 0 amide bonds. The number of hydrogen-bond acceptors (Lipinski definition) is 3. The Morgan fingerprint density at radius 3 is 2.75 bits per heavy atom. The molecule has 5 nitrogen and oxygen atoms in total. The van der Waals surface area contributed by atoms with Gasteiger partial charge in [-0.15, -0.1) is 0 Å². The number of aromatic nitrogens is 4. The highest BCUT2D eigenvalue weighted by atomic mass is 15.3. The summed E-state index contributed by atoms with van der Waals surface area (Å²) in [5.74, 6) is 0. The van der Waals surface area contributed by atoms with Crippen molar-refractivity contribution in [1.29, 1.82) is 0 Å². The van der Waals surface area contributed by atoms with Gasteiger partial charge in [-0.2, -0.15) is 5.10 Å². The van der Waals surface area contributed by atoms with Crippen molar-refractivity contribution in [3.63, 3.8) is 0 Å². The van der Waals surface area contributed by atoms with Crippen LogP contribution in [0.1, 0.15) is 43.4 Å². The summed E-state index contributed by atoms with van der Waals surface area (Å²) in [6, 6.07) is 2.42. The molecule has 1 atom stereocenters. The Hall–Kier alpha value is -1.62. The quantitative estimate of drug-likeness (QED) is 0.843. The molecule has 2 aromatic rings. The van der Waals surface area contributed by atoms with Gasteiger partial charge in [-0.1, -0.05) is 6.92 Å². The van der Waals surface area contributed by atoms with Gasteiger partial charge in [0, 0.05) is 31.9 Å². The first-order valence-corrected chi connectivity index (χ1v) is 7.38. The Morgan fingerprint density at radius 2 is 2.15 bits per heavy atom. The monoisotopic (exact) mass is 275 g/mol. The predicted octanol–water partition coefficient (Wildman–Crippen LogP) is 2.23. The number of rotatable bonds is 7. The molecule has 0 saturated heterocycles. The van der Waals surface area contributed by atoms with Gasteiger partial charge in [0.2, 0.25) is 0 Å². The Kier molecular flexibility index (Phi) is 4.95. The largest absolute Gasteiger partial charge is 0.340 e. The molecule has 110 valence electrons. The number of hydrogen-bond donors (Lipinski definition) is 1. The highest BCUT2D eigenvalue weighted by Gasteiger charge is 2.16. The molecule has 1 N–H and O–H groups in total. The Labute approximate surface area is 121 Å². The van der Waals surface area contributed by atoms with E-state index in [1.54, 1.807) is 0 Å². The molecular weight excluding hydrogens is 250 g/mol. The number of nitrogens with one attached hydrogen (secondary N) is 1. The summed E-state index contributed by atoms with van der Waals surface area (Å²) in [4.78, 5) is 4.50. The average molecular weight is 275 g/mol. The van der Waals surface area contributed by atoms with E-state index in [-0.39, 0.29) is 6.04 Å². The summed E-state index contributed by atoms with van der Waals surface area (Å²) in [6.45, 7) is 8.27. The summed E-state index contributed by atoms with van der Waals surface area (Å²) < 4.78 is 4.08. The maximum Gasteiger partial charge on any atom is 0.0947 e. The van der Waals surface area contributed by atoms with Crippen LogP contribution in [0.3, 0.4) is 0 Å². The van der Waals surface area contributed by atoms with Crippen LogP contribution >= 0.6 is 0 Å². The van der Waals surface area contributed by atoms with Crippen molar-refractivity contribution in [2.24, 2.45) is 7.05 Å². The Balaban J connectivity index is 2.18. The lowest BCUT2D eigenvalue weighted by Gasteiger charge is -2.17. The Bertz CT molecular complexity index is 540. The lowest BCUT2D eigenvalue weighted by molar-refractivity contribution is 0.494. The summed E-state index contributed by atoms with van der Waals surface area (Å²) >= 11 is 0. The van der Waals surface area contributed by atoms with Crippen LogP contribution in [-0.4, -0.2) is 25.9 Å². The molecule has 0 saturated carbocycles. The first-order chi connectivity index (χ1) is 9.63. The van der Waals surface area contributed by atoms with Gasteiger partial charge in [0.25, 0.3) is 0 Å². The fourth-order valence-electron chi connectivity index (χ4n) is 2.46. The predicted molar refractivity (Wildman–Crippen MR) is 80.6 cm³/mol. The van der Waals surface area contributed by atoms with Gasteiger partial charge in [0.15, 0.2) is 0 Å². The number of imidazole rings is 1. The van der Waals surface area contributed by atoms with Crippen molar-refractivity contribution in [2.45, 2.75) is 46.2 Å². The van der Waals surface area contributed by atoms with E-state index in [2.05, 4.69) is 46.2 Å². The summed E-state index contributed by atoms with van der Waals surface area (Å²) in [7, 11) is 2.01. The molecule has 0 spiro atoms. The molecule has 0 aromatic carbocycles. The van der Waals surface area contributed by atoms with E-state index in [1.165, 1.54) is 5.69 Å². The molecule has 0 bridgehead atoms. The van der Waals surface area contributed by atoms with Gasteiger partial charge in [0.1, 0.15) is 0 Å². The van der Waals surface area contributed by atoms with Crippen molar-refractivity contribution >= 4 is 0 Å². The van der Waals surface area contributed by atoms with Gasteiger partial charge in [-0.05, 0) is 32.9 Å². The van der Waals surface area contributed by atoms with Crippen molar-refractivity contribution < 1.29 is 0 Å². The first kappa shape index (κ1) is 14.8. The third-order valence-corrected chi connectivity index (χ3v) is 3.42. The molecule has 2 heterocycles. The van der Waals surface area contributed by atoms with Crippen LogP contribution in [0.4, 0.5) is 0 Å². The van der Waals surface area contributed by atoms with Gasteiger partial charge in [-0.3, -0.25) is 4.68 Å². The molecule has 0 aliphatic heterocycles. The second-order valence-corrected chi connectivity index (χ2v) is 5.27. The highest BCUT2D eigenvalue weighted by molar-refractivity contribution is 5.14. The lowest BCUT2D eigenvalue weighted by atomic mass is 10.1. The van der Waals surface area contributed by atoms with Crippen molar-refractivity contribution in [2.75, 3.05) is 6.54 Å². The lowest BCUT2D eigenvalue weighted by Crippen LogP contribution is -2.25. The van der Waals surface area contributed by atoms with Crippen LogP contribution in [0.15, 0.2) is 18.6 Å². The van der Waals surface area contributed by atoms with Crippen molar-refractivity contribution in [3.8, 4) is 0 Å². The second kappa shape index (κ2) is 6.70. The van der Waals surface area contributed by atoms with Crippen LogP contribution < -0.4 is 5.32 Å². The van der Waals surface area contributed by atoms with Crippen molar-refractivity contribution in [1.82, 2.24) is 24.6 Å². The summed E-state index contributed by atoms with van der Waals surface area (Å²) in [6.07, 6.45) is 5.99. The fraction of sp³-hybridized carbons (Fsp3) is 0.600. The van der Waals surface area contributed by atoms with E-state index in [9.17, 15) is 0 Å². The van der Waals surface area contributed by atoms with E-state index < -0.39 is 0 Å². The van der Waals surface area contributed by atoms with E-state index in [4.69, 9.17) is 0 Å². The minimum Gasteiger partial charge on any atom is -0.340 e. The molecule has 0 aliphatic rings. The molecule has 20 heavy (non-hydrogen) atoms. The Morgan fingerprint density at radius 1 is 1.35 bits per heavy atom. The van der Waals surface area contributed by atoms with Crippen LogP contribution in [0.5, 0.6) is 0 Å². The highest BCUT2D eigenvalue weighted by Crippen LogP contribution is 2.17. The molecular formula is C15H25N5. The normalized spacial score (nSPS) is 12.8. The first-order valence-electron chi connectivity index (χ1n) is 7.38. The maximum atomic E-state index is 4.52. The van der Waals surface area contributed by atoms with Crippen LogP contribution in [0, 0.1) is 6.92 Å².